The summed E-state index contributed by atoms with van der Waals surface area (Å²) in [5.41, 5.74) is 8.52. The van der Waals surface area contributed by atoms with E-state index in [1.165, 1.54) is 5.56 Å². The molecule has 0 radical (unpaired) electrons. The van der Waals surface area contributed by atoms with Crippen LogP contribution in [0.3, 0.4) is 0 Å². The van der Waals surface area contributed by atoms with E-state index in [2.05, 4.69) is 15.0 Å². The molecule has 2 N–H and O–H groups in total. The first-order valence-electron chi connectivity index (χ1n) is 6.77. The van der Waals surface area contributed by atoms with Gasteiger partial charge in [-0.1, -0.05) is 0 Å². The standard InChI is InChI=1S/C14H17N5O/c1-9(20)19-5-3-10-6-17-14-11(12(10)8-19)7-16-13(18-14)2-4-15/h6-7H,2-5,8,15H2,1H3. The largest absolute Gasteiger partial charge is 0.338 e. The number of aromatic nitrogens is 3. The van der Waals surface area contributed by atoms with Gasteiger partial charge < -0.3 is 10.6 Å². The van der Waals surface area contributed by atoms with Crippen molar-refractivity contribution < 1.29 is 4.79 Å². The third-order valence-electron chi connectivity index (χ3n) is 3.69. The van der Waals surface area contributed by atoms with E-state index in [1.807, 2.05) is 17.3 Å². The van der Waals surface area contributed by atoms with Gasteiger partial charge >= 0.3 is 0 Å². The van der Waals surface area contributed by atoms with Gasteiger partial charge in [0.1, 0.15) is 5.82 Å². The highest BCUT2D eigenvalue weighted by Gasteiger charge is 2.21. The summed E-state index contributed by atoms with van der Waals surface area (Å²) in [6.45, 7) is 3.49. The van der Waals surface area contributed by atoms with E-state index in [0.717, 1.165) is 23.9 Å². The Balaban J connectivity index is 2.06. The Morgan fingerprint density at radius 2 is 2.25 bits per heavy atom. The first kappa shape index (κ1) is 12.9. The zero-order chi connectivity index (χ0) is 14.1. The quantitative estimate of drug-likeness (QED) is 0.856. The van der Waals surface area contributed by atoms with Gasteiger partial charge in [-0.25, -0.2) is 15.0 Å². The lowest BCUT2D eigenvalue weighted by atomic mass is 9.99. The molecular weight excluding hydrogens is 254 g/mol. The second-order valence-electron chi connectivity index (χ2n) is 5.01. The number of carbonyl (C=O) groups excluding carboxylic acids is 1. The maximum Gasteiger partial charge on any atom is 0.219 e. The second kappa shape index (κ2) is 5.13. The van der Waals surface area contributed by atoms with Crippen LogP contribution in [-0.2, 0) is 24.2 Å². The molecule has 1 amide bonds. The first-order valence-corrected chi connectivity index (χ1v) is 6.77. The molecule has 0 saturated carbocycles. The number of nitrogens with two attached hydrogens (primary N) is 1. The van der Waals surface area contributed by atoms with Gasteiger partial charge in [0.2, 0.25) is 5.91 Å². The molecule has 0 unspecified atom stereocenters. The zero-order valence-corrected chi connectivity index (χ0v) is 11.5. The molecule has 104 valence electrons. The Bertz CT molecular complexity index is 670. The number of hydrogen-bond acceptors (Lipinski definition) is 5. The maximum absolute atomic E-state index is 11.5. The maximum atomic E-state index is 11.5. The van der Waals surface area contributed by atoms with Crippen molar-refractivity contribution in [2.24, 2.45) is 5.73 Å². The van der Waals surface area contributed by atoms with Crippen molar-refractivity contribution in [2.75, 3.05) is 13.1 Å². The van der Waals surface area contributed by atoms with E-state index in [4.69, 9.17) is 5.73 Å². The van der Waals surface area contributed by atoms with Crippen molar-refractivity contribution in [2.45, 2.75) is 26.3 Å². The number of carbonyl (C=O) groups is 1. The van der Waals surface area contributed by atoms with Gasteiger partial charge in [0.15, 0.2) is 5.65 Å². The molecule has 3 heterocycles. The third-order valence-corrected chi connectivity index (χ3v) is 3.69. The molecule has 20 heavy (non-hydrogen) atoms. The van der Waals surface area contributed by atoms with Crippen molar-refractivity contribution in [3.63, 3.8) is 0 Å². The average Bonchev–Trinajstić information content (AvgIpc) is 2.46. The number of amides is 1. The molecule has 3 rings (SSSR count). The Kier molecular flexibility index (Phi) is 3.31. The van der Waals surface area contributed by atoms with Crippen LogP contribution in [0.2, 0.25) is 0 Å². The van der Waals surface area contributed by atoms with E-state index in [0.29, 0.717) is 31.0 Å². The molecule has 0 spiro atoms. The normalized spacial score (nSPS) is 14.4. The highest BCUT2D eigenvalue weighted by molar-refractivity contribution is 5.81. The van der Waals surface area contributed by atoms with Crippen molar-refractivity contribution >= 4 is 16.9 Å². The summed E-state index contributed by atoms with van der Waals surface area (Å²) in [5, 5.41) is 0.939. The van der Waals surface area contributed by atoms with Crippen molar-refractivity contribution in [1.29, 1.82) is 0 Å². The van der Waals surface area contributed by atoms with Crippen LogP contribution in [0.5, 0.6) is 0 Å². The Labute approximate surface area is 117 Å². The fourth-order valence-electron chi connectivity index (χ4n) is 2.56. The number of hydrogen-bond donors (Lipinski definition) is 1. The number of nitrogens with zero attached hydrogens (tertiary/aromatic N) is 4. The number of rotatable bonds is 2. The van der Waals surface area contributed by atoms with Gasteiger partial charge in [-0.3, -0.25) is 4.79 Å². The third kappa shape index (κ3) is 2.22. The molecule has 0 saturated heterocycles. The monoisotopic (exact) mass is 271 g/mol. The highest BCUT2D eigenvalue weighted by atomic mass is 16.2. The molecule has 6 nitrogen and oxygen atoms in total. The van der Waals surface area contributed by atoms with E-state index >= 15 is 0 Å². The van der Waals surface area contributed by atoms with Crippen molar-refractivity contribution in [3.05, 3.63) is 29.3 Å². The van der Waals surface area contributed by atoms with Gasteiger partial charge in [-0.05, 0) is 24.1 Å². The Hall–Kier alpha value is -2.08. The molecule has 0 aliphatic carbocycles. The summed E-state index contributed by atoms with van der Waals surface area (Å²) in [6, 6.07) is 0. The number of pyridine rings is 1. The molecule has 0 atom stereocenters. The zero-order valence-electron chi connectivity index (χ0n) is 11.5. The van der Waals surface area contributed by atoms with E-state index in [9.17, 15) is 4.79 Å². The fourth-order valence-corrected chi connectivity index (χ4v) is 2.56. The van der Waals surface area contributed by atoms with Gasteiger partial charge in [0.05, 0.1) is 0 Å². The molecule has 2 aromatic rings. The lowest BCUT2D eigenvalue weighted by Gasteiger charge is -2.28. The van der Waals surface area contributed by atoms with Crippen LogP contribution in [0.4, 0.5) is 0 Å². The van der Waals surface area contributed by atoms with Gasteiger partial charge in [-0.15, -0.1) is 0 Å². The van der Waals surface area contributed by atoms with Crippen LogP contribution >= 0.6 is 0 Å². The second-order valence-corrected chi connectivity index (χ2v) is 5.01. The van der Waals surface area contributed by atoms with Crippen molar-refractivity contribution in [1.82, 2.24) is 19.9 Å². The van der Waals surface area contributed by atoms with Crippen LogP contribution in [0.25, 0.3) is 11.0 Å². The molecule has 0 bridgehead atoms. The first-order chi connectivity index (χ1) is 9.69. The molecular formula is C14H17N5O. The van der Waals surface area contributed by atoms with E-state index in [-0.39, 0.29) is 5.91 Å². The van der Waals surface area contributed by atoms with Crippen LogP contribution in [-0.4, -0.2) is 38.8 Å². The van der Waals surface area contributed by atoms with Gasteiger partial charge in [-0.2, -0.15) is 0 Å². The topological polar surface area (TPSA) is 85.0 Å². The Morgan fingerprint density at radius 1 is 1.40 bits per heavy atom. The van der Waals surface area contributed by atoms with Crippen molar-refractivity contribution in [3.8, 4) is 0 Å². The summed E-state index contributed by atoms with van der Waals surface area (Å²) in [6.07, 6.45) is 5.16. The SMILES string of the molecule is CC(=O)N1CCc2cnc3nc(CCN)ncc3c2C1. The minimum Gasteiger partial charge on any atom is -0.338 e. The lowest BCUT2D eigenvalue weighted by Crippen LogP contribution is -2.34. The van der Waals surface area contributed by atoms with Gasteiger partial charge in [0.25, 0.3) is 0 Å². The number of fused-ring (bicyclic) bond motifs is 3. The summed E-state index contributed by atoms with van der Waals surface area (Å²) in [7, 11) is 0. The Morgan fingerprint density at radius 3 is 3.00 bits per heavy atom. The van der Waals surface area contributed by atoms with E-state index in [1.54, 1.807) is 6.92 Å². The highest BCUT2D eigenvalue weighted by Crippen LogP contribution is 2.25. The predicted octanol–water partition coefficient (Wildman–Crippen LogP) is 0.431. The molecule has 0 aromatic carbocycles. The smallest absolute Gasteiger partial charge is 0.219 e. The molecule has 1 aliphatic rings. The predicted molar refractivity (Wildman–Crippen MR) is 74.9 cm³/mol. The summed E-state index contributed by atoms with van der Waals surface area (Å²) < 4.78 is 0. The van der Waals surface area contributed by atoms with Crippen LogP contribution in [0, 0.1) is 0 Å². The van der Waals surface area contributed by atoms with Crippen LogP contribution in [0.1, 0.15) is 23.9 Å². The summed E-state index contributed by atoms with van der Waals surface area (Å²) in [5.74, 6) is 0.813. The summed E-state index contributed by atoms with van der Waals surface area (Å²) >= 11 is 0. The molecule has 2 aromatic heterocycles. The summed E-state index contributed by atoms with van der Waals surface area (Å²) in [4.78, 5) is 26.6. The molecule has 1 aliphatic heterocycles. The minimum absolute atomic E-state index is 0.0984. The molecule has 6 heteroatoms. The molecule has 0 fully saturated rings. The minimum atomic E-state index is 0.0984. The van der Waals surface area contributed by atoms with E-state index < -0.39 is 0 Å². The average molecular weight is 271 g/mol. The van der Waals surface area contributed by atoms with Crippen LogP contribution < -0.4 is 5.73 Å². The van der Waals surface area contributed by atoms with Crippen LogP contribution in [0.15, 0.2) is 12.4 Å². The lowest BCUT2D eigenvalue weighted by molar-refractivity contribution is -0.129. The van der Waals surface area contributed by atoms with Gasteiger partial charge in [0, 0.05) is 44.2 Å². The fraction of sp³-hybridized carbons (Fsp3) is 0.429.